The lowest BCUT2D eigenvalue weighted by Gasteiger charge is -2.32. The molecule has 3 N–H and O–H groups in total. The summed E-state index contributed by atoms with van der Waals surface area (Å²) in [6.07, 6.45) is 4.36. The van der Waals surface area contributed by atoms with E-state index in [1.807, 2.05) is 30.3 Å². The van der Waals surface area contributed by atoms with Crippen LogP contribution in [0, 0.1) is 5.92 Å². The maximum Gasteiger partial charge on any atom is 0.237 e. The number of carbonyl (C=O) groups is 1. The molecule has 1 fully saturated rings. The lowest BCUT2D eigenvalue weighted by atomic mass is 9.80. The van der Waals surface area contributed by atoms with Crippen molar-refractivity contribution in [3.05, 3.63) is 35.9 Å². The molecule has 1 aromatic rings. The normalized spacial score (nSPS) is 18.8. The molecule has 0 aliphatic heterocycles. The number of amides is 1. The van der Waals surface area contributed by atoms with Gasteiger partial charge in [-0.25, -0.2) is 0 Å². The summed E-state index contributed by atoms with van der Waals surface area (Å²) in [6.45, 7) is 2.08. The van der Waals surface area contributed by atoms with Crippen molar-refractivity contribution >= 4 is 5.91 Å². The van der Waals surface area contributed by atoms with E-state index in [4.69, 9.17) is 5.73 Å². The molecule has 3 heteroatoms. The third-order valence-corrected chi connectivity index (χ3v) is 3.86. The smallest absolute Gasteiger partial charge is 0.237 e. The second kappa shape index (κ2) is 6.01. The largest absolute Gasteiger partial charge is 0.352 e. The number of carbonyl (C=O) groups excluding carboxylic acids is 1. The maximum absolute atomic E-state index is 12.0. The molecule has 0 radical (unpaired) electrons. The average molecular weight is 246 g/mol. The Labute approximate surface area is 109 Å². The number of nitrogens with one attached hydrogen (secondary N) is 1. The number of benzene rings is 1. The third-order valence-electron chi connectivity index (χ3n) is 3.86. The minimum atomic E-state index is -0.449. The Balaban J connectivity index is 1.81. The van der Waals surface area contributed by atoms with Crippen LogP contribution >= 0.6 is 0 Å². The zero-order valence-corrected chi connectivity index (χ0v) is 10.9. The highest BCUT2D eigenvalue weighted by Gasteiger charge is 2.26. The molecule has 0 spiro atoms. The summed E-state index contributed by atoms with van der Waals surface area (Å²) in [5, 5.41) is 3.04. The molecule has 1 saturated carbocycles. The molecule has 18 heavy (non-hydrogen) atoms. The van der Waals surface area contributed by atoms with Crippen LogP contribution in [0.3, 0.4) is 0 Å². The van der Waals surface area contributed by atoms with Crippen LogP contribution < -0.4 is 11.1 Å². The van der Waals surface area contributed by atoms with Crippen molar-refractivity contribution in [3.63, 3.8) is 0 Å². The maximum atomic E-state index is 12.0. The molecule has 1 unspecified atom stereocenters. The van der Waals surface area contributed by atoms with E-state index in [2.05, 4.69) is 12.2 Å². The van der Waals surface area contributed by atoms with Crippen LogP contribution in [0.2, 0.25) is 0 Å². The summed E-state index contributed by atoms with van der Waals surface area (Å²) in [7, 11) is 0. The van der Waals surface area contributed by atoms with Crippen molar-refractivity contribution in [2.45, 2.75) is 44.7 Å². The van der Waals surface area contributed by atoms with Gasteiger partial charge in [-0.15, -0.1) is 0 Å². The zero-order chi connectivity index (χ0) is 13.0. The van der Waals surface area contributed by atoms with Crippen molar-refractivity contribution in [2.24, 2.45) is 11.7 Å². The summed E-state index contributed by atoms with van der Waals surface area (Å²) in [5.74, 6) is 0.621. The first kappa shape index (κ1) is 13.1. The highest BCUT2D eigenvalue weighted by molar-refractivity contribution is 5.82. The van der Waals surface area contributed by atoms with Gasteiger partial charge in [0.15, 0.2) is 0 Å². The number of hydrogen-bond donors (Lipinski definition) is 2. The van der Waals surface area contributed by atoms with Gasteiger partial charge in [0.1, 0.15) is 0 Å². The fourth-order valence-corrected chi connectivity index (χ4v) is 2.35. The molecule has 2 rings (SSSR count). The quantitative estimate of drug-likeness (QED) is 0.833. The standard InChI is InChI=1S/C15H22N2O/c1-11(13-8-5-9-13)17-15(18)14(16)10-12-6-3-2-4-7-12/h2-4,6-7,11,13-14H,5,8-10,16H2,1H3,(H,17,18)/t11?,14-/m0/s1. The van der Waals surface area contributed by atoms with Crippen molar-refractivity contribution in [1.29, 1.82) is 0 Å². The molecule has 3 nitrogen and oxygen atoms in total. The lowest BCUT2D eigenvalue weighted by molar-refractivity contribution is -0.123. The van der Waals surface area contributed by atoms with Gasteiger partial charge in [-0.1, -0.05) is 36.8 Å². The van der Waals surface area contributed by atoms with Gasteiger partial charge in [0, 0.05) is 6.04 Å². The van der Waals surface area contributed by atoms with Crippen molar-refractivity contribution in [3.8, 4) is 0 Å². The summed E-state index contributed by atoms with van der Waals surface area (Å²) in [6, 6.07) is 9.72. The summed E-state index contributed by atoms with van der Waals surface area (Å²) < 4.78 is 0. The van der Waals surface area contributed by atoms with Crippen LogP contribution in [0.15, 0.2) is 30.3 Å². The van der Waals surface area contributed by atoms with Crippen LogP contribution in [-0.2, 0) is 11.2 Å². The van der Waals surface area contributed by atoms with Gasteiger partial charge >= 0.3 is 0 Å². The minimum Gasteiger partial charge on any atom is -0.352 e. The van der Waals surface area contributed by atoms with Gasteiger partial charge in [0.25, 0.3) is 0 Å². The molecule has 0 bridgehead atoms. The van der Waals surface area contributed by atoms with Gasteiger partial charge in [-0.05, 0) is 37.7 Å². The van der Waals surface area contributed by atoms with Crippen molar-refractivity contribution < 1.29 is 4.79 Å². The van der Waals surface area contributed by atoms with Crippen molar-refractivity contribution in [1.82, 2.24) is 5.32 Å². The zero-order valence-electron chi connectivity index (χ0n) is 10.9. The summed E-state index contributed by atoms with van der Waals surface area (Å²) in [5.41, 5.74) is 7.05. The third kappa shape index (κ3) is 3.33. The van der Waals surface area contributed by atoms with Crippen LogP contribution in [0.25, 0.3) is 0 Å². The molecule has 0 saturated heterocycles. The van der Waals surface area contributed by atoms with Crippen LogP contribution in [0.4, 0.5) is 0 Å². The van der Waals surface area contributed by atoms with E-state index in [1.54, 1.807) is 0 Å². The second-order valence-electron chi connectivity index (χ2n) is 5.28. The van der Waals surface area contributed by atoms with Gasteiger partial charge in [-0.3, -0.25) is 4.79 Å². The first-order valence-electron chi connectivity index (χ1n) is 6.76. The van der Waals surface area contributed by atoms with Crippen molar-refractivity contribution in [2.75, 3.05) is 0 Å². The van der Waals surface area contributed by atoms with E-state index < -0.39 is 6.04 Å². The topological polar surface area (TPSA) is 55.1 Å². The lowest BCUT2D eigenvalue weighted by Crippen LogP contribution is -2.48. The van der Waals surface area contributed by atoms with Gasteiger partial charge in [-0.2, -0.15) is 0 Å². The Morgan fingerprint density at radius 2 is 2.06 bits per heavy atom. The first-order chi connectivity index (χ1) is 8.66. The monoisotopic (exact) mass is 246 g/mol. The Morgan fingerprint density at radius 3 is 2.61 bits per heavy atom. The number of nitrogens with two attached hydrogens (primary N) is 1. The SMILES string of the molecule is CC(NC(=O)[C@@H](N)Cc1ccccc1)C1CCC1. The van der Waals surface area contributed by atoms with E-state index in [9.17, 15) is 4.79 Å². The summed E-state index contributed by atoms with van der Waals surface area (Å²) >= 11 is 0. The molecule has 0 heterocycles. The van der Waals surface area contributed by atoms with E-state index >= 15 is 0 Å². The Hall–Kier alpha value is -1.35. The highest BCUT2D eigenvalue weighted by Crippen LogP contribution is 2.29. The second-order valence-corrected chi connectivity index (χ2v) is 5.28. The fourth-order valence-electron chi connectivity index (χ4n) is 2.35. The van der Waals surface area contributed by atoms with E-state index in [-0.39, 0.29) is 11.9 Å². The Kier molecular flexibility index (Phi) is 4.37. The Bertz CT molecular complexity index is 387. The van der Waals surface area contributed by atoms with E-state index in [0.29, 0.717) is 12.3 Å². The molecule has 98 valence electrons. The minimum absolute atomic E-state index is 0.0294. The predicted molar refractivity (Wildman–Crippen MR) is 73.1 cm³/mol. The Morgan fingerprint density at radius 1 is 1.39 bits per heavy atom. The first-order valence-corrected chi connectivity index (χ1v) is 6.76. The molecule has 1 aliphatic carbocycles. The molecule has 1 aliphatic rings. The highest BCUT2D eigenvalue weighted by atomic mass is 16.2. The molecular weight excluding hydrogens is 224 g/mol. The van der Waals surface area contributed by atoms with Crippen LogP contribution in [0.5, 0.6) is 0 Å². The molecule has 1 amide bonds. The molecule has 2 atom stereocenters. The van der Waals surface area contributed by atoms with Crippen LogP contribution in [-0.4, -0.2) is 18.0 Å². The van der Waals surface area contributed by atoms with Gasteiger partial charge in [0.2, 0.25) is 5.91 Å². The van der Waals surface area contributed by atoms with Crippen LogP contribution in [0.1, 0.15) is 31.7 Å². The van der Waals surface area contributed by atoms with Gasteiger partial charge < -0.3 is 11.1 Å². The molecule has 1 aromatic carbocycles. The van der Waals surface area contributed by atoms with Gasteiger partial charge in [0.05, 0.1) is 6.04 Å². The molecule has 0 aromatic heterocycles. The predicted octanol–water partition coefficient (Wildman–Crippen LogP) is 1.86. The molecular formula is C15H22N2O. The fraction of sp³-hybridized carbons (Fsp3) is 0.533. The van der Waals surface area contributed by atoms with E-state index in [1.165, 1.54) is 19.3 Å². The average Bonchev–Trinajstić information content (AvgIpc) is 2.27. The summed E-state index contributed by atoms with van der Waals surface area (Å²) in [4.78, 5) is 12.0. The number of hydrogen-bond acceptors (Lipinski definition) is 2. The number of rotatable bonds is 5. The van der Waals surface area contributed by atoms with E-state index in [0.717, 1.165) is 5.56 Å².